The summed E-state index contributed by atoms with van der Waals surface area (Å²) in [5.74, 6) is -0.0402. The van der Waals surface area contributed by atoms with E-state index in [1.54, 1.807) is 0 Å². The molecule has 35 heavy (non-hydrogen) atoms. The van der Waals surface area contributed by atoms with Gasteiger partial charge in [-0.1, -0.05) is 85.8 Å². The summed E-state index contributed by atoms with van der Waals surface area (Å²) in [6.07, 6.45) is 0.817. The lowest BCUT2D eigenvalue weighted by Crippen LogP contribution is -2.43. The number of carbonyl (C=O) groups excluding carboxylic acids is 1. The zero-order valence-corrected chi connectivity index (χ0v) is 20.2. The summed E-state index contributed by atoms with van der Waals surface area (Å²) in [6, 6.07) is 28.4. The van der Waals surface area contributed by atoms with E-state index in [-0.39, 0.29) is 11.9 Å². The van der Waals surface area contributed by atoms with Crippen LogP contribution in [0.1, 0.15) is 40.9 Å². The fourth-order valence-electron chi connectivity index (χ4n) is 4.93. The molecule has 1 saturated heterocycles. The summed E-state index contributed by atoms with van der Waals surface area (Å²) in [6.45, 7) is 6.60. The van der Waals surface area contributed by atoms with Gasteiger partial charge in [-0.3, -0.25) is 9.69 Å². The minimum atomic E-state index is -0.0529. The predicted octanol–water partition coefficient (Wildman–Crippen LogP) is 5.19. The molecule has 178 valence electrons. The Bertz CT molecular complexity index is 1280. The Morgan fingerprint density at radius 1 is 0.943 bits per heavy atom. The average molecular weight is 465 g/mol. The van der Waals surface area contributed by atoms with Gasteiger partial charge in [0.2, 0.25) is 0 Å². The van der Waals surface area contributed by atoms with Gasteiger partial charge in [0.25, 0.3) is 5.91 Å². The van der Waals surface area contributed by atoms with Crippen molar-refractivity contribution in [2.45, 2.75) is 25.9 Å². The summed E-state index contributed by atoms with van der Waals surface area (Å²) >= 11 is 0. The first-order chi connectivity index (χ1) is 17.2. The van der Waals surface area contributed by atoms with E-state index in [9.17, 15) is 4.79 Å². The van der Waals surface area contributed by atoms with Crippen molar-refractivity contribution in [3.8, 4) is 11.3 Å². The van der Waals surface area contributed by atoms with Gasteiger partial charge in [-0.15, -0.1) is 0 Å². The van der Waals surface area contributed by atoms with Crippen molar-refractivity contribution < 1.29 is 4.79 Å². The Balaban J connectivity index is 1.65. The molecule has 1 aliphatic heterocycles. The Labute approximate surface area is 207 Å². The quantitative estimate of drug-likeness (QED) is 0.395. The minimum Gasteiger partial charge on any atom is -0.345 e. The van der Waals surface area contributed by atoms with Gasteiger partial charge < -0.3 is 10.6 Å². The van der Waals surface area contributed by atoms with Crippen LogP contribution in [-0.2, 0) is 6.54 Å². The Morgan fingerprint density at radius 3 is 2.31 bits per heavy atom. The molecule has 1 amide bonds. The molecule has 3 aromatic carbocycles. The third-order valence-corrected chi connectivity index (χ3v) is 6.77. The maximum absolute atomic E-state index is 14.1. The molecular formula is C30H32N4O. The summed E-state index contributed by atoms with van der Waals surface area (Å²) < 4.78 is 0. The van der Waals surface area contributed by atoms with E-state index in [1.807, 2.05) is 60.7 Å². The fourth-order valence-corrected chi connectivity index (χ4v) is 4.93. The number of pyridine rings is 1. The molecule has 5 nitrogen and oxygen atoms in total. The third kappa shape index (κ3) is 5.11. The maximum Gasteiger partial charge on any atom is 0.252 e. The molecule has 0 aliphatic carbocycles. The number of nitrogens with one attached hydrogen (secondary N) is 2. The van der Waals surface area contributed by atoms with Gasteiger partial charge in [0.1, 0.15) is 0 Å². The summed E-state index contributed by atoms with van der Waals surface area (Å²) in [4.78, 5) is 21.6. The molecule has 1 fully saturated rings. The molecule has 0 bridgehead atoms. The maximum atomic E-state index is 14.1. The van der Waals surface area contributed by atoms with Crippen LogP contribution in [0.25, 0.3) is 22.2 Å². The first-order valence-corrected chi connectivity index (χ1v) is 12.5. The van der Waals surface area contributed by atoms with E-state index in [1.165, 1.54) is 0 Å². The lowest BCUT2D eigenvalue weighted by Gasteiger charge is -2.29. The highest BCUT2D eigenvalue weighted by atomic mass is 16.1. The van der Waals surface area contributed by atoms with E-state index >= 15 is 0 Å². The molecule has 1 atom stereocenters. The largest absolute Gasteiger partial charge is 0.345 e. The molecule has 2 N–H and O–H groups in total. The number of nitrogens with zero attached hydrogens (tertiary/aromatic N) is 2. The molecule has 5 heteroatoms. The number of carbonyl (C=O) groups is 1. The van der Waals surface area contributed by atoms with Gasteiger partial charge in [0.05, 0.1) is 22.8 Å². The second kappa shape index (κ2) is 10.8. The van der Waals surface area contributed by atoms with Gasteiger partial charge in [-0.2, -0.15) is 0 Å². The number of amides is 1. The smallest absolute Gasteiger partial charge is 0.252 e. The second-order valence-electron chi connectivity index (χ2n) is 9.07. The average Bonchev–Trinajstić information content (AvgIpc) is 2.92. The number of hydrogen-bond donors (Lipinski definition) is 2. The molecule has 1 unspecified atom stereocenters. The monoisotopic (exact) mass is 464 g/mol. The van der Waals surface area contributed by atoms with Crippen LogP contribution in [-0.4, -0.2) is 42.0 Å². The van der Waals surface area contributed by atoms with Crippen LogP contribution in [0.5, 0.6) is 0 Å². The number of fused-ring (bicyclic) bond motifs is 1. The second-order valence-corrected chi connectivity index (χ2v) is 9.07. The van der Waals surface area contributed by atoms with Crippen molar-refractivity contribution in [1.82, 2.24) is 20.5 Å². The van der Waals surface area contributed by atoms with Crippen LogP contribution in [0.3, 0.4) is 0 Å². The Hall–Kier alpha value is -3.54. The fraction of sp³-hybridized carbons (Fsp3) is 0.267. The SMILES string of the molecule is CCC(NC(=O)c1c(CN2CCNCC2)c(-c2ccccc2)nc2ccccc12)c1ccccc1. The molecular weight excluding hydrogens is 432 g/mol. The Kier molecular flexibility index (Phi) is 7.17. The lowest BCUT2D eigenvalue weighted by atomic mass is 9.94. The van der Waals surface area contributed by atoms with Crippen molar-refractivity contribution >= 4 is 16.8 Å². The highest BCUT2D eigenvalue weighted by Crippen LogP contribution is 2.32. The lowest BCUT2D eigenvalue weighted by molar-refractivity contribution is 0.0935. The van der Waals surface area contributed by atoms with E-state index < -0.39 is 0 Å². The summed E-state index contributed by atoms with van der Waals surface area (Å²) in [5, 5.41) is 7.68. The zero-order chi connectivity index (χ0) is 24.0. The van der Waals surface area contributed by atoms with E-state index in [2.05, 4.69) is 46.7 Å². The third-order valence-electron chi connectivity index (χ3n) is 6.77. The number of hydrogen-bond acceptors (Lipinski definition) is 4. The first kappa shape index (κ1) is 23.2. The summed E-state index contributed by atoms with van der Waals surface area (Å²) in [7, 11) is 0. The zero-order valence-electron chi connectivity index (χ0n) is 20.2. The highest BCUT2D eigenvalue weighted by molar-refractivity contribution is 6.09. The molecule has 5 rings (SSSR count). The van der Waals surface area contributed by atoms with Crippen molar-refractivity contribution in [1.29, 1.82) is 0 Å². The molecule has 1 aromatic heterocycles. The molecule has 2 heterocycles. The van der Waals surface area contributed by atoms with Crippen molar-refractivity contribution in [2.24, 2.45) is 0 Å². The molecule has 4 aromatic rings. The van der Waals surface area contributed by atoms with Crippen LogP contribution in [0.2, 0.25) is 0 Å². The standard InChI is InChI=1S/C30H32N4O/c1-2-26(22-11-5-3-6-12-22)33-30(35)28-24-15-9-10-16-27(24)32-29(23-13-7-4-8-14-23)25(28)21-34-19-17-31-18-20-34/h3-16,26,31H,2,17-21H2,1H3,(H,33,35). The molecule has 0 saturated carbocycles. The van der Waals surface area contributed by atoms with Gasteiger partial charge in [0, 0.05) is 49.2 Å². The molecule has 0 radical (unpaired) electrons. The number of para-hydroxylation sites is 1. The van der Waals surface area contributed by atoms with Crippen LogP contribution < -0.4 is 10.6 Å². The number of aromatic nitrogens is 1. The number of piperazine rings is 1. The van der Waals surface area contributed by atoms with Crippen molar-refractivity contribution in [3.05, 3.63) is 102 Å². The van der Waals surface area contributed by atoms with Gasteiger partial charge in [0.15, 0.2) is 0 Å². The normalized spacial score (nSPS) is 15.1. The minimum absolute atomic E-state index is 0.0402. The van der Waals surface area contributed by atoms with Crippen molar-refractivity contribution in [2.75, 3.05) is 26.2 Å². The van der Waals surface area contributed by atoms with Gasteiger partial charge in [-0.25, -0.2) is 4.98 Å². The number of benzene rings is 3. The van der Waals surface area contributed by atoms with Crippen LogP contribution in [0.4, 0.5) is 0 Å². The van der Waals surface area contributed by atoms with Gasteiger partial charge in [-0.05, 0) is 18.1 Å². The van der Waals surface area contributed by atoms with Crippen LogP contribution in [0.15, 0.2) is 84.9 Å². The molecule has 1 aliphatic rings. The summed E-state index contributed by atoms with van der Waals surface area (Å²) in [5.41, 5.74) is 5.62. The van der Waals surface area contributed by atoms with Gasteiger partial charge >= 0.3 is 0 Å². The van der Waals surface area contributed by atoms with Crippen LogP contribution >= 0.6 is 0 Å². The highest BCUT2D eigenvalue weighted by Gasteiger charge is 2.25. The first-order valence-electron chi connectivity index (χ1n) is 12.5. The number of rotatable bonds is 7. The van der Waals surface area contributed by atoms with E-state index in [0.717, 1.165) is 71.5 Å². The van der Waals surface area contributed by atoms with Crippen molar-refractivity contribution in [3.63, 3.8) is 0 Å². The molecule has 0 spiro atoms. The Morgan fingerprint density at radius 2 is 1.60 bits per heavy atom. The van der Waals surface area contributed by atoms with Crippen LogP contribution in [0, 0.1) is 0 Å². The van der Waals surface area contributed by atoms with E-state index in [4.69, 9.17) is 4.98 Å². The topological polar surface area (TPSA) is 57.3 Å². The predicted molar refractivity (Wildman–Crippen MR) is 142 cm³/mol. The van der Waals surface area contributed by atoms with E-state index in [0.29, 0.717) is 6.54 Å².